The highest BCUT2D eigenvalue weighted by molar-refractivity contribution is 8.00. The summed E-state index contributed by atoms with van der Waals surface area (Å²) in [5.41, 5.74) is -0.474. The highest BCUT2D eigenvalue weighted by Crippen LogP contribution is 2.32. The minimum Gasteiger partial charge on any atom is -0.493 e. The van der Waals surface area contributed by atoms with Crippen LogP contribution in [0.15, 0.2) is 32.8 Å². The number of esters is 1. The van der Waals surface area contributed by atoms with Gasteiger partial charge in [-0.05, 0) is 25.1 Å². The summed E-state index contributed by atoms with van der Waals surface area (Å²) in [4.78, 5) is 58.3. The first-order valence-electron chi connectivity index (χ1n) is 10.5. The third kappa shape index (κ3) is 5.45. The molecule has 0 aliphatic rings. The van der Waals surface area contributed by atoms with E-state index in [2.05, 4.69) is 15.3 Å². The molecule has 0 unspecified atom stereocenters. The Kier molecular flexibility index (Phi) is 8.12. The number of fused-ring (bicyclic) bond motifs is 1. The number of hydrogen-bond acceptors (Lipinski definition) is 10. The molecule has 0 aliphatic carbocycles. The first kappa shape index (κ1) is 25.7. The van der Waals surface area contributed by atoms with Gasteiger partial charge in [-0.2, -0.15) is 0 Å². The summed E-state index contributed by atoms with van der Waals surface area (Å²) >= 11 is 0.987. The highest BCUT2D eigenvalue weighted by atomic mass is 32.2. The molecule has 13 heteroatoms. The zero-order chi connectivity index (χ0) is 25.7. The number of nitrogens with zero attached hydrogens (tertiary/aromatic N) is 4. The van der Waals surface area contributed by atoms with Crippen LogP contribution in [0, 0.1) is 0 Å². The molecule has 0 atom stereocenters. The molecule has 0 radical (unpaired) electrons. The molecule has 1 N–H and O–H groups in total. The normalized spacial score (nSPS) is 10.8. The summed E-state index contributed by atoms with van der Waals surface area (Å²) in [5.74, 6) is 0.0200. The van der Waals surface area contributed by atoms with E-state index in [1.807, 2.05) is 0 Å². The Morgan fingerprint density at radius 2 is 1.77 bits per heavy atom. The predicted molar refractivity (Wildman–Crippen MR) is 129 cm³/mol. The fraction of sp³-hybridized carbons (Fsp3) is 0.364. The molecule has 2 heterocycles. The van der Waals surface area contributed by atoms with Gasteiger partial charge in [-0.25, -0.2) is 14.8 Å². The third-order valence-electron chi connectivity index (χ3n) is 4.98. The molecule has 1 aromatic carbocycles. The lowest BCUT2D eigenvalue weighted by Crippen LogP contribution is -2.37. The smallest absolute Gasteiger partial charge is 0.332 e. The van der Waals surface area contributed by atoms with Gasteiger partial charge in [-0.15, -0.1) is 0 Å². The number of carbonyl (C=O) groups is 2. The van der Waals surface area contributed by atoms with Crippen molar-refractivity contribution in [2.45, 2.75) is 11.9 Å². The van der Waals surface area contributed by atoms with Crippen molar-refractivity contribution in [1.29, 1.82) is 0 Å². The zero-order valence-corrected chi connectivity index (χ0v) is 20.7. The number of carbonyl (C=O) groups excluding carboxylic acids is 2. The van der Waals surface area contributed by atoms with Gasteiger partial charge in [0.1, 0.15) is 17.0 Å². The number of nitrogens with one attached hydrogen (secondary N) is 1. The molecule has 3 rings (SSSR count). The first-order valence-corrected chi connectivity index (χ1v) is 11.5. The number of methoxy groups -OCH3 is 2. The van der Waals surface area contributed by atoms with E-state index in [0.29, 0.717) is 17.1 Å². The van der Waals surface area contributed by atoms with Crippen molar-refractivity contribution < 1.29 is 23.8 Å². The van der Waals surface area contributed by atoms with Gasteiger partial charge in [-0.1, -0.05) is 11.8 Å². The predicted octanol–water partition coefficient (Wildman–Crippen LogP) is 0.483. The molecular weight excluding hydrogens is 478 g/mol. The molecular formula is C22H25N5O7S. The fourth-order valence-electron chi connectivity index (χ4n) is 3.21. The van der Waals surface area contributed by atoms with Gasteiger partial charge in [0.15, 0.2) is 23.0 Å². The maximum Gasteiger partial charge on any atom is 0.332 e. The van der Waals surface area contributed by atoms with Crippen molar-refractivity contribution in [3.63, 3.8) is 0 Å². The van der Waals surface area contributed by atoms with Crippen molar-refractivity contribution >= 4 is 34.7 Å². The molecule has 3 aromatic rings. The van der Waals surface area contributed by atoms with Crippen LogP contribution in [0.3, 0.4) is 0 Å². The van der Waals surface area contributed by atoms with Crippen LogP contribution in [0.1, 0.15) is 6.92 Å². The van der Waals surface area contributed by atoms with E-state index < -0.39 is 23.1 Å². The van der Waals surface area contributed by atoms with Gasteiger partial charge in [0, 0.05) is 19.7 Å². The summed E-state index contributed by atoms with van der Waals surface area (Å²) in [6.45, 7) is 1.60. The molecule has 1 amide bonds. The molecule has 0 saturated heterocycles. The summed E-state index contributed by atoms with van der Waals surface area (Å²) in [6, 6.07) is 5.06. The van der Waals surface area contributed by atoms with Crippen LogP contribution in [0.2, 0.25) is 0 Å². The maximum atomic E-state index is 12.9. The van der Waals surface area contributed by atoms with E-state index in [9.17, 15) is 19.2 Å². The van der Waals surface area contributed by atoms with Crippen molar-refractivity contribution in [3.05, 3.63) is 39.0 Å². The summed E-state index contributed by atoms with van der Waals surface area (Å²) in [6.07, 6.45) is 0. The second kappa shape index (κ2) is 11.0. The number of amides is 1. The van der Waals surface area contributed by atoms with E-state index in [4.69, 9.17) is 14.2 Å². The van der Waals surface area contributed by atoms with Crippen molar-refractivity contribution in [3.8, 4) is 22.9 Å². The Hall–Kier alpha value is -3.87. The molecule has 12 nitrogen and oxygen atoms in total. The van der Waals surface area contributed by atoms with Crippen molar-refractivity contribution in [1.82, 2.24) is 24.4 Å². The third-order valence-corrected chi connectivity index (χ3v) is 5.96. The Bertz CT molecular complexity index is 1400. The number of thioether (sulfide) groups is 1. The topological polar surface area (TPSA) is 144 Å². The van der Waals surface area contributed by atoms with Crippen LogP contribution in [0.25, 0.3) is 22.4 Å². The number of aromatic nitrogens is 4. The first-order chi connectivity index (χ1) is 16.7. The maximum absolute atomic E-state index is 12.9. The monoisotopic (exact) mass is 503 g/mol. The second-order valence-electron chi connectivity index (χ2n) is 7.20. The number of rotatable bonds is 9. The Labute approximate surface area is 204 Å². The lowest BCUT2D eigenvalue weighted by atomic mass is 10.2. The van der Waals surface area contributed by atoms with Gasteiger partial charge in [0.2, 0.25) is 5.91 Å². The number of benzene rings is 1. The highest BCUT2D eigenvalue weighted by Gasteiger charge is 2.20. The van der Waals surface area contributed by atoms with Crippen LogP contribution in [-0.4, -0.2) is 64.1 Å². The Balaban J connectivity index is 2.07. The SMILES string of the molecule is CCOC(=O)CNC(=O)CSc1nc(-c2ccc(OC)c(OC)c2)nc2c1c(=O)n(C)c(=O)n2C. The quantitative estimate of drug-likeness (QED) is 0.249. The summed E-state index contributed by atoms with van der Waals surface area (Å²) in [5, 5.41) is 2.77. The van der Waals surface area contributed by atoms with Crippen LogP contribution >= 0.6 is 11.8 Å². The fourth-order valence-corrected chi connectivity index (χ4v) is 4.05. The average molecular weight is 504 g/mol. The summed E-state index contributed by atoms with van der Waals surface area (Å²) in [7, 11) is 5.85. The molecule has 35 heavy (non-hydrogen) atoms. The molecule has 0 fully saturated rings. The lowest BCUT2D eigenvalue weighted by Gasteiger charge is -2.13. The van der Waals surface area contributed by atoms with Gasteiger partial charge in [-0.3, -0.25) is 23.5 Å². The van der Waals surface area contributed by atoms with Crippen LogP contribution < -0.4 is 26.0 Å². The largest absolute Gasteiger partial charge is 0.493 e. The molecule has 0 aliphatic heterocycles. The van der Waals surface area contributed by atoms with E-state index in [-0.39, 0.29) is 40.8 Å². The van der Waals surface area contributed by atoms with Gasteiger partial charge in [0.25, 0.3) is 5.56 Å². The van der Waals surface area contributed by atoms with E-state index >= 15 is 0 Å². The average Bonchev–Trinajstić information content (AvgIpc) is 2.87. The number of hydrogen-bond donors (Lipinski definition) is 1. The Morgan fingerprint density at radius 3 is 2.43 bits per heavy atom. The van der Waals surface area contributed by atoms with E-state index in [1.165, 1.54) is 32.9 Å². The second-order valence-corrected chi connectivity index (χ2v) is 8.16. The standard InChI is InChI=1S/C22H25N5O7S/c1-6-34-16(29)10-23-15(28)11-35-20-17-19(26(2)22(31)27(3)21(17)30)24-18(25-20)12-7-8-13(32-4)14(9-12)33-5/h7-9H,6,10-11H2,1-5H3,(H,23,28). The molecule has 0 bridgehead atoms. The number of aryl methyl sites for hydroxylation is 1. The van der Waals surface area contributed by atoms with Gasteiger partial charge in [0.05, 0.1) is 26.6 Å². The zero-order valence-electron chi connectivity index (χ0n) is 19.9. The summed E-state index contributed by atoms with van der Waals surface area (Å²) < 4.78 is 17.6. The minimum absolute atomic E-state index is 0.0991. The molecule has 2 aromatic heterocycles. The lowest BCUT2D eigenvalue weighted by molar-refractivity contribution is -0.143. The van der Waals surface area contributed by atoms with Crippen LogP contribution in [0.5, 0.6) is 11.5 Å². The van der Waals surface area contributed by atoms with E-state index in [0.717, 1.165) is 16.3 Å². The molecule has 186 valence electrons. The van der Waals surface area contributed by atoms with Gasteiger partial charge >= 0.3 is 11.7 Å². The van der Waals surface area contributed by atoms with E-state index in [1.54, 1.807) is 25.1 Å². The van der Waals surface area contributed by atoms with Crippen LogP contribution in [0.4, 0.5) is 0 Å². The van der Waals surface area contributed by atoms with Crippen LogP contribution in [-0.2, 0) is 28.4 Å². The number of ether oxygens (including phenoxy) is 3. The molecule has 0 saturated carbocycles. The van der Waals surface area contributed by atoms with Crippen molar-refractivity contribution in [2.24, 2.45) is 14.1 Å². The van der Waals surface area contributed by atoms with Gasteiger partial charge < -0.3 is 19.5 Å². The molecule has 0 spiro atoms. The van der Waals surface area contributed by atoms with Crippen molar-refractivity contribution in [2.75, 3.05) is 33.1 Å². The minimum atomic E-state index is -0.587. The Morgan fingerprint density at radius 1 is 1.06 bits per heavy atom.